The van der Waals surface area contributed by atoms with E-state index in [-0.39, 0.29) is 18.1 Å². The number of benzene rings is 3. The minimum Gasteiger partial charge on any atom is -0.486 e. The number of Topliss-reactive ketones (excluding diaryl/α,β-unsaturated/α-hetero) is 1. The zero-order chi connectivity index (χ0) is 21.5. The summed E-state index contributed by atoms with van der Waals surface area (Å²) >= 11 is 1.34. The van der Waals surface area contributed by atoms with Gasteiger partial charge in [-0.1, -0.05) is 60.3 Å². The van der Waals surface area contributed by atoms with E-state index in [9.17, 15) is 4.79 Å². The van der Waals surface area contributed by atoms with Crippen LogP contribution in [-0.4, -0.2) is 26.3 Å². The molecule has 152 valence electrons. The lowest BCUT2D eigenvalue weighted by atomic mass is 10.2. The van der Waals surface area contributed by atoms with Crippen LogP contribution in [0.1, 0.15) is 21.7 Å². The van der Waals surface area contributed by atoms with Crippen LogP contribution in [0.2, 0.25) is 0 Å². The Morgan fingerprint density at radius 2 is 1.61 bits per heavy atom. The Bertz CT molecular complexity index is 1200. The number of hydrogen-bond donors (Lipinski definition) is 0. The third-order valence-electron chi connectivity index (χ3n) is 4.49. The summed E-state index contributed by atoms with van der Waals surface area (Å²) in [5.41, 5.74) is 2.13. The summed E-state index contributed by atoms with van der Waals surface area (Å²) in [5.74, 6) is 1.54. The van der Waals surface area contributed by atoms with Gasteiger partial charge in [-0.3, -0.25) is 9.36 Å². The first-order chi connectivity index (χ1) is 15.2. The molecule has 7 heteroatoms. The van der Waals surface area contributed by atoms with Crippen molar-refractivity contribution in [1.29, 1.82) is 5.26 Å². The molecule has 4 aromatic rings. The fraction of sp³-hybridized carbons (Fsp3) is 0.0833. The molecule has 0 atom stereocenters. The highest BCUT2D eigenvalue weighted by Gasteiger charge is 2.17. The number of carbonyl (C=O) groups excluding carboxylic acids is 1. The van der Waals surface area contributed by atoms with Crippen molar-refractivity contribution in [3.8, 4) is 17.5 Å². The van der Waals surface area contributed by atoms with Crippen molar-refractivity contribution in [2.24, 2.45) is 0 Å². The normalized spacial score (nSPS) is 10.4. The van der Waals surface area contributed by atoms with Crippen molar-refractivity contribution < 1.29 is 9.53 Å². The molecule has 0 amide bonds. The fourth-order valence-electron chi connectivity index (χ4n) is 2.93. The van der Waals surface area contributed by atoms with Gasteiger partial charge >= 0.3 is 0 Å². The predicted molar refractivity (Wildman–Crippen MR) is 118 cm³/mol. The second-order valence-electron chi connectivity index (χ2n) is 6.57. The molecule has 31 heavy (non-hydrogen) atoms. The van der Waals surface area contributed by atoms with Gasteiger partial charge in [-0.2, -0.15) is 5.26 Å². The summed E-state index contributed by atoms with van der Waals surface area (Å²) in [5, 5.41) is 18.1. The van der Waals surface area contributed by atoms with Crippen LogP contribution in [0.25, 0.3) is 5.69 Å². The summed E-state index contributed by atoms with van der Waals surface area (Å²) in [4.78, 5) is 12.5. The van der Waals surface area contributed by atoms with Crippen molar-refractivity contribution in [3.05, 3.63) is 102 Å². The van der Waals surface area contributed by atoms with E-state index >= 15 is 0 Å². The number of ether oxygens (including phenoxy) is 1. The number of hydrogen-bond acceptors (Lipinski definition) is 6. The third kappa shape index (κ3) is 5.00. The number of aromatic nitrogens is 3. The monoisotopic (exact) mass is 426 g/mol. The van der Waals surface area contributed by atoms with Crippen LogP contribution < -0.4 is 4.74 Å². The summed E-state index contributed by atoms with van der Waals surface area (Å²) in [6.45, 7) is 0.195. The Morgan fingerprint density at radius 3 is 2.29 bits per heavy atom. The van der Waals surface area contributed by atoms with Gasteiger partial charge in [0.05, 0.1) is 17.4 Å². The molecule has 0 spiro atoms. The van der Waals surface area contributed by atoms with Crippen molar-refractivity contribution in [2.75, 3.05) is 5.75 Å². The Hall–Kier alpha value is -3.89. The minimum absolute atomic E-state index is 0.0311. The molecular formula is C24H18N4O2S. The molecule has 6 nitrogen and oxygen atoms in total. The van der Waals surface area contributed by atoms with E-state index in [1.165, 1.54) is 11.8 Å². The van der Waals surface area contributed by atoms with Crippen LogP contribution in [0.4, 0.5) is 0 Å². The van der Waals surface area contributed by atoms with Gasteiger partial charge in [0, 0.05) is 11.3 Å². The van der Waals surface area contributed by atoms with E-state index in [1.807, 2.05) is 65.2 Å². The smallest absolute Gasteiger partial charge is 0.196 e. The standard InChI is InChI=1S/C24H18N4O2S/c25-15-18-11-13-21(14-12-18)30-16-23-26-27-24(28(23)20-9-5-2-6-10-20)31-17-22(29)19-7-3-1-4-8-19/h1-14H,16-17H2. The first-order valence-electron chi connectivity index (χ1n) is 9.58. The third-order valence-corrected chi connectivity index (χ3v) is 5.42. The zero-order valence-electron chi connectivity index (χ0n) is 16.5. The molecule has 3 aromatic carbocycles. The van der Waals surface area contributed by atoms with E-state index in [0.29, 0.717) is 27.9 Å². The number of ketones is 1. The highest BCUT2D eigenvalue weighted by molar-refractivity contribution is 7.99. The molecule has 1 aromatic heterocycles. The van der Waals surface area contributed by atoms with Gasteiger partial charge in [0.1, 0.15) is 12.4 Å². The van der Waals surface area contributed by atoms with Gasteiger partial charge in [0.2, 0.25) is 0 Å². The molecule has 0 saturated heterocycles. The molecule has 0 aliphatic rings. The predicted octanol–water partition coefficient (Wildman–Crippen LogP) is 4.69. The van der Waals surface area contributed by atoms with Gasteiger partial charge in [-0.25, -0.2) is 0 Å². The lowest BCUT2D eigenvalue weighted by molar-refractivity contribution is 0.102. The number of para-hydroxylation sites is 1. The van der Waals surface area contributed by atoms with E-state index < -0.39 is 0 Å². The van der Waals surface area contributed by atoms with Crippen LogP contribution in [0.3, 0.4) is 0 Å². The Kier molecular flexibility index (Phi) is 6.41. The second-order valence-corrected chi connectivity index (χ2v) is 7.51. The Labute approximate surface area is 184 Å². The lowest BCUT2D eigenvalue weighted by Gasteiger charge is -2.11. The maximum atomic E-state index is 12.5. The Morgan fingerprint density at radius 1 is 0.935 bits per heavy atom. The topological polar surface area (TPSA) is 80.8 Å². The maximum absolute atomic E-state index is 12.5. The molecule has 0 bridgehead atoms. The Balaban J connectivity index is 1.54. The van der Waals surface area contributed by atoms with Crippen molar-refractivity contribution in [3.63, 3.8) is 0 Å². The largest absolute Gasteiger partial charge is 0.486 e. The molecule has 0 aliphatic carbocycles. The average Bonchev–Trinajstić information content (AvgIpc) is 3.25. The molecule has 0 unspecified atom stereocenters. The number of thioether (sulfide) groups is 1. The summed E-state index contributed by atoms with van der Waals surface area (Å²) < 4.78 is 7.75. The van der Waals surface area contributed by atoms with Crippen LogP contribution in [0.5, 0.6) is 5.75 Å². The quantitative estimate of drug-likeness (QED) is 0.300. The van der Waals surface area contributed by atoms with Crippen LogP contribution in [0.15, 0.2) is 90.1 Å². The van der Waals surface area contributed by atoms with E-state index in [2.05, 4.69) is 16.3 Å². The average molecular weight is 427 g/mol. The molecule has 1 heterocycles. The van der Waals surface area contributed by atoms with Crippen molar-refractivity contribution in [1.82, 2.24) is 14.8 Å². The van der Waals surface area contributed by atoms with Crippen LogP contribution in [0, 0.1) is 11.3 Å². The number of rotatable bonds is 8. The van der Waals surface area contributed by atoms with Crippen LogP contribution in [-0.2, 0) is 6.61 Å². The SMILES string of the molecule is N#Cc1ccc(OCc2nnc(SCC(=O)c3ccccc3)n2-c2ccccc2)cc1. The maximum Gasteiger partial charge on any atom is 0.196 e. The van der Waals surface area contributed by atoms with Crippen molar-refractivity contribution >= 4 is 17.5 Å². The first kappa shape index (κ1) is 20.4. The summed E-state index contributed by atoms with van der Waals surface area (Å²) in [6, 6.07) is 27.9. The molecule has 4 rings (SSSR count). The number of nitrogens with zero attached hydrogens (tertiary/aromatic N) is 4. The lowest BCUT2D eigenvalue weighted by Crippen LogP contribution is -2.08. The molecule has 0 radical (unpaired) electrons. The van der Waals surface area contributed by atoms with Gasteiger partial charge in [-0.05, 0) is 36.4 Å². The number of nitriles is 1. The van der Waals surface area contributed by atoms with E-state index in [0.717, 1.165) is 5.69 Å². The second kappa shape index (κ2) is 9.74. The summed E-state index contributed by atoms with van der Waals surface area (Å²) in [7, 11) is 0. The van der Waals surface area contributed by atoms with Crippen LogP contribution >= 0.6 is 11.8 Å². The highest BCUT2D eigenvalue weighted by Crippen LogP contribution is 2.24. The van der Waals surface area contributed by atoms with Crippen molar-refractivity contribution in [2.45, 2.75) is 11.8 Å². The molecule has 0 fully saturated rings. The van der Waals surface area contributed by atoms with E-state index in [4.69, 9.17) is 10.00 Å². The van der Waals surface area contributed by atoms with Gasteiger partial charge in [0.25, 0.3) is 0 Å². The van der Waals surface area contributed by atoms with Gasteiger partial charge in [-0.15, -0.1) is 10.2 Å². The van der Waals surface area contributed by atoms with Gasteiger partial charge in [0.15, 0.2) is 16.8 Å². The van der Waals surface area contributed by atoms with Gasteiger partial charge < -0.3 is 4.74 Å². The minimum atomic E-state index is 0.0311. The zero-order valence-corrected chi connectivity index (χ0v) is 17.3. The highest BCUT2D eigenvalue weighted by atomic mass is 32.2. The first-order valence-corrected chi connectivity index (χ1v) is 10.6. The molecule has 0 aliphatic heterocycles. The fourth-order valence-corrected chi connectivity index (χ4v) is 3.80. The molecule has 0 saturated carbocycles. The molecular weight excluding hydrogens is 408 g/mol. The number of carbonyl (C=O) groups is 1. The van der Waals surface area contributed by atoms with E-state index in [1.54, 1.807) is 24.3 Å². The molecule has 0 N–H and O–H groups in total. The summed E-state index contributed by atoms with van der Waals surface area (Å²) in [6.07, 6.45) is 0.